The second kappa shape index (κ2) is 5.50. The van der Waals surface area contributed by atoms with Crippen LogP contribution in [0, 0.1) is 0 Å². The molecular weight excluding hydrogens is 284 g/mol. The molecule has 2 aromatic carbocycles. The van der Waals surface area contributed by atoms with Gasteiger partial charge in [-0.2, -0.15) is 0 Å². The molecule has 4 aromatic rings. The molecule has 23 heavy (non-hydrogen) atoms. The average molecular weight is 298 g/mol. The van der Waals surface area contributed by atoms with Crippen molar-refractivity contribution in [3.05, 3.63) is 72.8 Å². The van der Waals surface area contributed by atoms with Crippen molar-refractivity contribution in [3.63, 3.8) is 0 Å². The highest BCUT2D eigenvalue weighted by atomic mass is 15.0. The van der Waals surface area contributed by atoms with Gasteiger partial charge in [-0.05, 0) is 12.1 Å². The number of pyridine rings is 1. The summed E-state index contributed by atoms with van der Waals surface area (Å²) in [4.78, 5) is 13.8. The van der Waals surface area contributed by atoms with Gasteiger partial charge in [0.25, 0.3) is 0 Å². The van der Waals surface area contributed by atoms with Crippen LogP contribution in [-0.2, 0) is 0 Å². The average Bonchev–Trinajstić information content (AvgIpc) is 2.62. The molecule has 0 amide bonds. The van der Waals surface area contributed by atoms with Gasteiger partial charge in [0.05, 0.1) is 11.4 Å². The zero-order valence-electron chi connectivity index (χ0n) is 12.3. The minimum atomic E-state index is 0.443. The highest BCUT2D eigenvalue weighted by Crippen LogP contribution is 2.30. The molecule has 0 radical (unpaired) electrons. The third kappa shape index (κ3) is 2.51. The summed E-state index contributed by atoms with van der Waals surface area (Å²) in [6.45, 7) is 0. The minimum Gasteiger partial charge on any atom is -0.384 e. The first-order chi connectivity index (χ1) is 11.3. The summed E-state index contributed by atoms with van der Waals surface area (Å²) in [6.07, 6.45) is 0. The smallest absolute Gasteiger partial charge is 0.180 e. The lowest BCUT2D eigenvalue weighted by atomic mass is 10.0. The van der Waals surface area contributed by atoms with Gasteiger partial charge in [0, 0.05) is 11.1 Å². The first kappa shape index (κ1) is 13.4. The second-order valence-electron chi connectivity index (χ2n) is 5.23. The first-order valence-electron chi connectivity index (χ1n) is 7.36. The summed E-state index contributed by atoms with van der Waals surface area (Å²) in [5, 5.41) is 0. The van der Waals surface area contributed by atoms with E-state index in [0.29, 0.717) is 11.5 Å². The predicted molar refractivity (Wildman–Crippen MR) is 92.6 cm³/mol. The number of rotatable bonds is 2. The Morgan fingerprint density at radius 1 is 0.565 bits per heavy atom. The van der Waals surface area contributed by atoms with Crippen LogP contribution in [0.15, 0.2) is 72.8 Å². The standard InChI is InChI=1S/C19H14N4/c20-16-12-11-15-19(22-16)23-18(14-9-5-2-6-10-14)17(21-15)13-7-3-1-4-8-13/h1-12H,(H2,20,22,23). The summed E-state index contributed by atoms with van der Waals surface area (Å²) >= 11 is 0. The molecule has 2 aromatic heterocycles. The third-order valence-corrected chi connectivity index (χ3v) is 3.64. The summed E-state index contributed by atoms with van der Waals surface area (Å²) in [5.41, 5.74) is 10.8. The van der Waals surface area contributed by atoms with Gasteiger partial charge in [-0.25, -0.2) is 15.0 Å². The van der Waals surface area contributed by atoms with E-state index in [4.69, 9.17) is 15.7 Å². The Morgan fingerprint density at radius 2 is 1.13 bits per heavy atom. The number of hydrogen-bond donors (Lipinski definition) is 1. The topological polar surface area (TPSA) is 64.7 Å². The van der Waals surface area contributed by atoms with Crippen LogP contribution < -0.4 is 5.73 Å². The van der Waals surface area contributed by atoms with E-state index >= 15 is 0 Å². The Balaban J connectivity index is 2.04. The number of nitrogens with two attached hydrogens (primary N) is 1. The quantitative estimate of drug-likeness (QED) is 0.608. The van der Waals surface area contributed by atoms with Crippen LogP contribution in [-0.4, -0.2) is 15.0 Å². The van der Waals surface area contributed by atoms with E-state index in [2.05, 4.69) is 4.98 Å². The number of benzene rings is 2. The molecule has 4 heteroatoms. The van der Waals surface area contributed by atoms with E-state index in [-0.39, 0.29) is 0 Å². The largest absolute Gasteiger partial charge is 0.384 e. The molecule has 0 aliphatic carbocycles. The summed E-state index contributed by atoms with van der Waals surface area (Å²) < 4.78 is 0. The zero-order chi connectivity index (χ0) is 15.6. The van der Waals surface area contributed by atoms with Gasteiger partial charge in [0.15, 0.2) is 5.65 Å². The fourth-order valence-corrected chi connectivity index (χ4v) is 2.55. The number of fused-ring (bicyclic) bond motifs is 1. The normalized spacial score (nSPS) is 10.8. The molecule has 4 nitrogen and oxygen atoms in total. The summed E-state index contributed by atoms with van der Waals surface area (Å²) in [6, 6.07) is 23.7. The molecule has 0 aliphatic rings. The van der Waals surface area contributed by atoms with Gasteiger partial charge in [0.1, 0.15) is 11.3 Å². The van der Waals surface area contributed by atoms with E-state index in [1.165, 1.54) is 0 Å². The molecule has 110 valence electrons. The lowest BCUT2D eigenvalue weighted by molar-refractivity contribution is 1.23. The van der Waals surface area contributed by atoms with Gasteiger partial charge < -0.3 is 5.73 Å². The number of hydrogen-bond acceptors (Lipinski definition) is 4. The van der Waals surface area contributed by atoms with Crippen LogP contribution in [0.1, 0.15) is 0 Å². The molecule has 0 spiro atoms. The van der Waals surface area contributed by atoms with Gasteiger partial charge in [-0.1, -0.05) is 60.7 Å². The van der Waals surface area contributed by atoms with Crippen molar-refractivity contribution in [1.29, 1.82) is 0 Å². The Bertz CT molecular complexity index is 966. The molecule has 4 rings (SSSR count). The molecular formula is C19H14N4. The monoisotopic (exact) mass is 298 g/mol. The molecule has 0 atom stereocenters. The molecule has 0 bridgehead atoms. The molecule has 0 saturated heterocycles. The van der Waals surface area contributed by atoms with Crippen LogP contribution in [0.5, 0.6) is 0 Å². The Kier molecular flexibility index (Phi) is 3.20. The maximum atomic E-state index is 5.78. The fraction of sp³-hybridized carbons (Fsp3) is 0. The number of anilines is 1. The van der Waals surface area contributed by atoms with E-state index in [1.54, 1.807) is 6.07 Å². The lowest BCUT2D eigenvalue weighted by Gasteiger charge is -2.10. The molecule has 0 fully saturated rings. The van der Waals surface area contributed by atoms with E-state index < -0.39 is 0 Å². The van der Waals surface area contributed by atoms with Crippen LogP contribution in [0.3, 0.4) is 0 Å². The SMILES string of the molecule is Nc1ccc2nc(-c3ccccc3)c(-c3ccccc3)nc2n1. The van der Waals surface area contributed by atoms with Crippen molar-refractivity contribution in [2.75, 3.05) is 5.73 Å². The maximum Gasteiger partial charge on any atom is 0.180 e. The summed E-state index contributed by atoms with van der Waals surface area (Å²) in [5.74, 6) is 0.443. The van der Waals surface area contributed by atoms with Gasteiger partial charge in [-0.3, -0.25) is 0 Å². The third-order valence-electron chi connectivity index (χ3n) is 3.64. The van der Waals surface area contributed by atoms with E-state index in [1.807, 2.05) is 66.7 Å². The number of aromatic nitrogens is 3. The highest BCUT2D eigenvalue weighted by molar-refractivity contribution is 5.85. The molecule has 0 saturated carbocycles. The predicted octanol–water partition coefficient (Wildman–Crippen LogP) is 3.94. The van der Waals surface area contributed by atoms with Crippen LogP contribution >= 0.6 is 0 Å². The molecule has 2 N–H and O–H groups in total. The number of nitrogen functional groups attached to an aromatic ring is 1. The number of nitrogens with zero attached hydrogens (tertiary/aromatic N) is 3. The van der Waals surface area contributed by atoms with E-state index in [9.17, 15) is 0 Å². The summed E-state index contributed by atoms with van der Waals surface area (Å²) in [7, 11) is 0. The Hall–Kier alpha value is -3.27. The van der Waals surface area contributed by atoms with Gasteiger partial charge in [0.2, 0.25) is 0 Å². The molecule has 2 heterocycles. The van der Waals surface area contributed by atoms with Crippen molar-refractivity contribution in [2.24, 2.45) is 0 Å². The van der Waals surface area contributed by atoms with Gasteiger partial charge in [-0.15, -0.1) is 0 Å². The fourth-order valence-electron chi connectivity index (χ4n) is 2.55. The lowest BCUT2D eigenvalue weighted by Crippen LogP contribution is -1.98. The van der Waals surface area contributed by atoms with Crippen molar-refractivity contribution in [2.45, 2.75) is 0 Å². The van der Waals surface area contributed by atoms with Crippen molar-refractivity contribution in [3.8, 4) is 22.5 Å². The minimum absolute atomic E-state index is 0.443. The molecule has 0 aliphatic heterocycles. The second-order valence-corrected chi connectivity index (χ2v) is 5.23. The van der Waals surface area contributed by atoms with Crippen LogP contribution in [0.4, 0.5) is 5.82 Å². The Morgan fingerprint density at radius 3 is 1.74 bits per heavy atom. The molecule has 0 unspecified atom stereocenters. The van der Waals surface area contributed by atoms with Crippen molar-refractivity contribution < 1.29 is 0 Å². The van der Waals surface area contributed by atoms with Crippen LogP contribution in [0.2, 0.25) is 0 Å². The van der Waals surface area contributed by atoms with Crippen molar-refractivity contribution >= 4 is 17.0 Å². The zero-order valence-corrected chi connectivity index (χ0v) is 12.3. The first-order valence-corrected chi connectivity index (χ1v) is 7.36. The van der Waals surface area contributed by atoms with Gasteiger partial charge >= 0.3 is 0 Å². The van der Waals surface area contributed by atoms with Crippen molar-refractivity contribution in [1.82, 2.24) is 15.0 Å². The highest BCUT2D eigenvalue weighted by Gasteiger charge is 2.13. The van der Waals surface area contributed by atoms with Crippen LogP contribution in [0.25, 0.3) is 33.7 Å². The Labute approximate surface area is 133 Å². The maximum absolute atomic E-state index is 5.78. The van der Waals surface area contributed by atoms with E-state index in [0.717, 1.165) is 28.0 Å².